The lowest BCUT2D eigenvalue weighted by atomic mass is 10.1. The highest BCUT2D eigenvalue weighted by Gasteiger charge is 2.31. The molecule has 8 nitrogen and oxygen atoms in total. The minimum atomic E-state index is -0.762. The van der Waals surface area contributed by atoms with E-state index in [9.17, 15) is 19.2 Å². The molecule has 1 aliphatic carbocycles. The highest BCUT2D eigenvalue weighted by Crippen LogP contribution is 2.30. The van der Waals surface area contributed by atoms with Gasteiger partial charge in [0.05, 0.1) is 10.9 Å². The number of amides is 3. The van der Waals surface area contributed by atoms with Crippen LogP contribution < -0.4 is 16.2 Å². The van der Waals surface area contributed by atoms with E-state index in [1.807, 2.05) is 0 Å². The van der Waals surface area contributed by atoms with E-state index < -0.39 is 11.9 Å². The van der Waals surface area contributed by atoms with E-state index in [-0.39, 0.29) is 36.1 Å². The number of aromatic nitrogens is 2. The Balaban J connectivity index is 1.76. The van der Waals surface area contributed by atoms with E-state index in [0.717, 1.165) is 12.8 Å². The fourth-order valence-corrected chi connectivity index (χ4v) is 3.27. The molecule has 1 saturated heterocycles. The van der Waals surface area contributed by atoms with Gasteiger partial charge in [0.25, 0.3) is 5.56 Å². The van der Waals surface area contributed by atoms with E-state index >= 15 is 0 Å². The first kappa shape index (κ1) is 16.4. The number of benzene rings is 1. The van der Waals surface area contributed by atoms with Crippen LogP contribution in [0, 0.1) is 12.8 Å². The quantitative estimate of drug-likeness (QED) is 0.800. The number of fused-ring (bicyclic) bond motifs is 1. The Morgan fingerprint density at radius 2 is 2.00 bits per heavy atom. The van der Waals surface area contributed by atoms with E-state index in [2.05, 4.69) is 15.6 Å². The van der Waals surface area contributed by atoms with Crippen molar-refractivity contribution < 1.29 is 14.4 Å². The molecule has 0 spiro atoms. The second kappa shape index (κ2) is 6.05. The molecular formula is C18H18N4O4. The second-order valence-electron chi connectivity index (χ2n) is 6.80. The number of imide groups is 1. The number of carbonyl (C=O) groups is 3. The molecule has 0 bridgehead atoms. The topological polar surface area (TPSA) is 110 Å². The average Bonchev–Trinajstić information content (AvgIpc) is 3.42. The van der Waals surface area contributed by atoms with Gasteiger partial charge in [-0.15, -0.1) is 0 Å². The lowest BCUT2D eigenvalue weighted by molar-refractivity contribution is -0.135. The first-order valence-electron chi connectivity index (χ1n) is 8.61. The Morgan fingerprint density at radius 1 is 1.23 bits per heavy atom. The summed E-state index contributed by atoms with van der Waals surface area (Å²) in [6.07, 6.45) is 2.22. The Bertz CT molecular complexity index is 1010. The van der Waals surface area contributed by atoms with Crippen LogP contribution in [0.5, 0.6) is 0 Å². The average molecular weight is 354 g/mol. The van der Waals surface area contributed by atoms with E-state index in [1.165, 1.54) is 4.57 Å². The standard InChI is InChI=1S/C18H18N4O4/c1-9-19-13-5-4-11(20-16(24)10-2-3-10)8-12(13)18(26)22(9)14-6-7-15(23)21-17(14)25/h4-5,8,10,14H,2-3,6-7H2,1H3,(H,20,24)(H,21,23,25). The van der Waals surface area contributed by atoms with Crippen molar-refractivity contribution in [3.63, 3.8) is 0 Å². The van der Waals surface area contributed by atoms with Crippen LogP contribution in [0.25, 0.3) is 10.9 Å². The van der Waals surface area contributed by atoms with Crippen LogP contribution in [-0.4, -0.2) is 27.3 Å². The third kappa shape index (κ3) is 2.87. The maximum atomic E-state index is 13.0. The van der Waals surface area contributed by atoms with Gasteiger partial charge in [-0.1, -0.05) is 0 Å². The number of nitrogens with one attached hydrogen (secondary N) is 2. The maximum Gasteiger partial charge on any atom is 0.262 e. The number of piperidine rings is 1. The van der Waals surface area contributed by atoms with Crippen LogP contribution in [-0.2, 0) is 14.4 Å². The fraction of sp³-hybridized carbons (Fsp3) is 0.389. The van der Waals surface area contributed by atoms with Gasteiger partial charge in [-0.3, -0.25) is 29.1 Å². The normalized spacial score (nSPS) is 20.1. The monoisotopic (exact) mass is 354 g/mol. The number of carbonyl (C=O) groups excluding carboxylic acids is 3. The molecule has 134 valence electrons. The molecule has 1 atom stereocenters. The van der Waals surface area contributed by atoms with Crippen LogP contribution >= 0.6 is 0 Å². The minimum Gasteiger partial charge on any atom is -0.326 e. The lowest BCUT2D eigenvalue weighted by Gasteiger charge is -2.24. The molecular weight excluding hydrogens is 336 g/mol. The van der Waals surface area contributed by atoms with Crippen molar-refractivity contribution in [2.24, 2.45) is 5.92 Å². The van der Waals surface area contributed by atoms with Crippen molar-refractivity contribution in [2.75, 3.05) is 5.32 Å². The summed E-state index contributed by atoms with van der Waals surface area (Å²) in [5.41, 5.74) is 0.678. The van der Waals surface area contributed by atoms with Crippen molar-refractivity contribution in [1.82, 2.24) is 14.9 Å². The van der Waals surface area contributed by atoms with E-state index in [0.29, 0.717) is 22.4 Å². The zero-order chi connectivity index (χ0) is 18.4. The zero-order valence-electron chi connectivity index (χ0n) is 14.2. The third-order valence-corrected chi connectivity index (χ3v) is 4.81. The molecule has 1 aromatic carbocycles. The van der Waals surface area contributed by atoms with Gasteiger partial charge in [0, 0.05) is 18.0 Å². The molecule has 2 N–H and O–H groups in total. The van der Waals surface area contributed by atoms with Crippen molar-refractivity contribution in [1.29, 1.82) is 0 Å². The number of anilines is 1. The van der Waals surface area contributed by atoms with Gasteiger partial charge in [0.1, 0.15) is 11.9 Å². The number of hydrogen-bond donors (Lipinski definition) is 2. The first-order chi connectivity index (χ1) is 12.4. The molecule has 2 aliphatic rings. The molecule has 1 unspecified atom stereocenters. The Kier molecular flexibility index (Phi) is 3.82. The zero-order valence-corrected chi connectivity index (χ0v) is 14.2. The number of nitrogens with zero attached hydrogens (tertiary/aromatic N) is 2. The minimum absolute atomic E-state index is 0.0464. The summed E-state index contributed by atoms with van der Waals surface area (Å²) in [6.45, 7) is 1.66. The van der Waals surface area contributed by atoms with Gasteiger partial charge in [-0.2, -0.15) is 0 Å². The smallest absolute Gasteiger partial charge is 0.262 e. The Hall–Kier alpha value is -3.03. The molecule has 1 aromatic heterocycles. The maximum absolute atomic E-state index is 13.0. The molecule has 4 rings (SSSR count). The molecule has 2 fully saturated rings. The highest BCUT2D eigenvalue weighted by molar-refractivity contribution is 5.99. The number of rotatable bonds is 3. The van der Waals surface area contributed by atoms with Crippen LogP contribution in [0.2, 0.25) is 0 Å². The third-order valence-electron chi connectivity index (χ3n) is 4.81. The summed E-state index contributed by atoms with van der Waals surface area (Å²) in [6, 6.07) is 4.22. The number of aryl methyl sites for hydroxylation is 1. The van der Waals surface area contributed by atoms with E-state index in [1.54, 1.807) is 25.1 Å². The summed E-state index contributed by atoms with van der Waals surface area (Å²) in [5, 5.41) is 5.41. The summed E-state index contributed by atoms with van der Waals surface area (Å²) >= 11 is 0. The molecule has 2 aromatic rings. The Labute approximate surface area is 148 Å². The molecule has 3 amide bonds. The van der Waals surface area contributed by atoms with Crippen molar-refractivity contribution in [3.05, 3.63) is 34.4 Å². The van der Waals surface area contributed by atoms with Crippen LogP contribution in [0.3, 0.4) is 0 Å². The highest BCUT2D eigenvalue weighted by atomic mass is 16.2. The Morgan fingerprint density at radius 3 is 2.69 bits per heavy atom. The van der Waals surface area contributed by atoms with Gasteiger partial charge < -0.3 is 5.32 Å². The van der Waals surface area contributed by atoms with Gasteiger partial charge in [0.15, 0.2) is 0 Å². The summed E-state index contributed by atoms with van der Waals surface area (Å²) in [7, 11) is 0. The predicted molar refractivity (Wildman–Crippen MR) is 93.5 cm³/mol. The molecule has 1 aliphatic heterocycles. The predicted octanol–water partition coefficient (Wildman–Crippen LogP) is 1.03. The summed E-state index contributed by atoms with van der Waals surface area (Å²) in [4.78, 5) is 52.9. The van der Waals surface area contributed by atoms with E-state index in [4.69, 9.17) is 0 Å². The summed E-state index contributed by atoms with van der Waals surface area (Å²) < 4.78 is 1.33. The second-order valence-corrected chi connectivity index (χ2v) is 6.80. The van der Waals surface area contributed by atoms with Crippen LogP contribution in [0.1, 0.15) is 37.5 Å². The van der Waals surface area contributed by atoms with Crippen molar-refractivity contribution in [3.8, 4) is 0 Å². The van der Waals surface area contributed by atoms with Crippen molar-refractivity contribution in [2.45, 2.75) is 38.6 Å². The summed E-state index contributed by atoms with van der Waals surface area (Å²) in [5.74, 6) is -0.412. The lowest BCUT2D eigenvalue weighted by Crippen LogP contribution is -2.45. The van der Waals surface area contributed by atoms with Gasteiger partial charge in [-0.25, -0.2) is 4.98 Å². The largest absolute Gasteiger partial charge is 0.326 e. The molecule has 26 heavy (non-hydrogen) atoms. The van der Waals surface area contributed by atoms with Crippen LogP contribution in [0.15, 0.2) is 23.0 Å². The van der Waals surface area contributed by atoms with Crippen molar-refractivity contribution >= 4 is 34.3 Å². The van der Waals surface area contributed by atoms with Gasteiger partial charge >= 0.3 is 0 Å². The van der Waals surface area contributed by atoms with Gasteiger partial charge in [0.2, 0.25) is 17.7 Å². The molecule has 0 radical (unpaired) electrons. The first-order valence-corrected chi connectivity index (χ1v) is 8.61. The molecule has 2 heterocycles. The fourth-order valence-electron chi connectivity index (χ4n) is 3.27. The molecule has 1 saturated carbocycles. The number of hydrogen-bond acceptors (Lipinski definition) is 5. The SMILES string of the molecule is Cc1nc2ccc(NC(=O)C3CC3)cc2c(=O)n1C1CCC(=O)NC1=O. The van der Waals surface area contributed by atoms with Crippen LogP contribution in [0.4, 0.5) is 5.69 Å². The molecule has 8 heteroatoms. The van der Waals surface area contributed by atoms with Gasteiger partial charge in [-0.05, 0) is 44.4 Å².